The highest BCUT2D eigenvalue weighted by Crippen LogP contribution is 2.22. The first-order chi connectivity index (χ1) is 8.69. The Kier molecular flexibility index (Phi) is 5.04. The van der Waals surface area contributed by atoms with Crippen molar-refractivity contribution in [1.82, 2.24) is 10.2 Å². The van der Waals surface area contributed by atoms with Crippen molar-refractivity contribution in [2.75, 3.05) is 19.6 Å². The molecule has 0 aromatic carbocycles. The molecule has 1 saturated heterocycles. The highest BCUT2D eigenvalue weighted by atomic mass is 16.2. The number of likely N-dealkylation sites (tertiary alicyclic amines) is 1. The van der Waals surface area contributed by atoms with E-state index < -0.39 is 0 Å². The van der Waals surface area contributed by atoms with Gasteiger partial charge in [-0.25, -0.2) is 0 Å². The Bertz CT molecular complexity index is 276. The number of nitrogens with one attached hydrogen (secondary N) is 1. The van der Waals surface area contributed by atoms with Crippen LogP contribution in [-0.2, 0) is 4.79 Å². The minimum Gasteiger partial charge on any atom is -0.342 e. The van der Waals surface area contributed by atoms with E-state index in [0.717, 1.165) is 44.4 Å². The quantitative estimate of drug-likeness (QED) is 0.787. The van der Waals surface area contributed by atoms with Crippen molar-refractivity contribution in [2.45, 2.75) is 58.4 Å². The molecule has 0 aromatic heterocycles. The minimum atomic E-state index is 0.379. The van der Waals surface area contributed by atoms with Gasteiger partial charge in [0.05, 0.1) is 0 Å². The van der Waals surface area contributed by atoms with Crippen molar-refractivity contribution >= 4 is 5.91 Å². The molecule has 0 radical (unpaired) electrons. The van der Waals surface area contributed by atoms with Crippen molar-refractivity contribution in [3.63, 3.8) is 0 Å². The predicted octanol–water partition coefficient (Wildman–Crippen LogP) is 2.41. The lowest BCUT2D eigenvalue weighted by molar-refractivity contribution is -0.131. The SMILES string of the molecule is CCC1CCC(=O)N(CC(C)CNC2CC2)CC1. The van der Waals surface area contributed by atoms with Crippen LogP contribution in [0, 0.1) is 11.8 Å². The first-order valence-electron chi connectivity index (χ1n) is 7.70. The van der Waals surface area contributed by atoms with E-state index in [9.17, 15) is 4.79 Å². The molecule has 1 aliphatic heterocycles. The van der Waals surface area contributed by atoms with E-state index in [-0.39, 0.29) is 0 Å². The van der Waals surface area contributed by atoms with Crippen LogP contribution < -0.4 is 5.32 Å². The molecule has 2 aliphatic rings. The summed E-state index contributed by atoms with van der Waals surface area (Å²) >= 11 is 0. The standard InChI is InChI=1S/C15H28N2O/c1-3-13-4-7-15(18)17(9-8-13)11-12(2)10-16-14-5-6-14/h12-14,16H,3-11H2,1-2H3. The summed E-state index contributed by atoms with van der Waals surface area (Å²) in [5.74, 6) is 1.72. The maximum absolute atomic E-state index is 12.1. The second kappa shape index (κ2) is 6.55. The Hall–Kier alpha value is -0.570. The third kappa shape index (κ3) is 4.27. The fraction of sp³-hybridized carbons (Fsp3) is 0.933. The number of amides is 1. The number of carbonyl (C=O) groups is 1. The average Bonchev–Trinajstić information content (AvgIpc) is 3.18. The van der Waals surface area contributed by atoms with Gasteiger partial charge in [0.1, 0.15) is 0 Å². The molecule has 18 heavy (non-hydrogen) atoms. The molecular weight excluding hydrogens is 224 g/mol. The Morgan fingerprint density at radius 2 is 2.11 bits per heavy atom. The van der Waals surface area contributed by atoms with Gasteiger partial charge < -0.3 is 10.2 Å². The molecule has 2 fully saturated rings. The maximum Gasteiger partial charge on any atom is 0.222 e. The molecule has 1 heterocycles. The molecule has 2 rings (SSSR count). The van der Waals surface area contributed by atoms with Crippen LogP contribution in [0.15, 0.2) is 0 Å². The third-order valence-electron chi connectivity index (χ3n) is 4.37. The van der Waals surface area contributed by atoms with E-state index in [1.54, 1.807) is 0 Å². The summed E-state index contributed by atoms with van der Waals surface area (Å²) in [5, 5.41) is 3.56. The van der Waals surface area contributed by atoms with Gasteiger partial charge in [-0.3, -0.25) is 4.79 Å². The zero-order valence-corrected chi connectivity index (χ0v) is 12.0. The Morgan fingerprint density at radius 3 is 2.78 bits per heavy atom. The number of carbonyl (C=O) groups excluding carboxylic acids is 1. The molecule has 2 atom stereocenters. The van der Waals surface area contributed by atoms with Crippen LogP contribution in [0.1, 0.15) is 52.4 Å². The summed E-state index contributed by atoms with van der Waals surface area (Å²) in [6.45, 7) is 7.48. The van der Waals surface area contributed by atoms with Crippen LogP contribution in [0.2, 0.25) is 0 Å². The van der Waals surface area contributed by atoms with Gasteiger partial charge in [0, 0.05) is 25.6 Å². The summed E-state index contributed by atoms with van der Waals surface area (Å²) in [6.07, 6.45) is 6.97. The zero-order valence-electron chi connectivity index (χ0n) is 12.0. The fourth-order valence-electron chi connectivity index (χ4n) is 2.79. The van der Waals surface area contributed by atoms with E-state index in [1.165, 1.54) is 25.7 Å². The van der Waals surface area contributed by atoms with Crippen molar-refractivity contribution < 1.29 is 4.79 Å². The third-order valence-corrected chi connectivity index (χ3v) is 4.37. The molecule has 3 nitrogen and oxygen atoms in total. The molecule has 1 amide bonds. The van der Waals surface area contributed by atoms with Crippen molar-refractivity contribution in [2.24, 2.45) is 11.8 Å². The van der Waals surface area contributed by atoms with Gasteiger partial charge in [0.25, 0.3) is 0 Å². The van der Waals surface area contributed by atoms with Gasteiger partial charge in [-0.15, -0.1) is 0 Å². The molecule has 104 valence electrons. The summed E-state index contributed by atoms with van der Waals surface area (Å²) in [7, 11) is 0. The topological polar surface area (TPSA) is 32.3 Å². The number of rotatable bonds is 6. The van der Waals surface area contributed by atoms with Crippen molar-refractivity contribution in [3.8, 4) is 0 Å². The molecule has 0 bridgehead atoms. The number of nitrogens with zero attached hydrogens (tertiary/aromatic N) is 1. The van der Waals surface area contributed by atoms with E-state index >= 15 is 0 Å². The maximum atomic E-state index is 12.1. The highest BCUT2D eigenvalue weighted by Gasteiger charge is 2.24. The van der Waals surface area contributed by atoms with Gasteiger partial charge in [-0.1, -0.05) is 20.3 Å². The van der Waals surface area contributed by atoms with Gasteiger partial charge in [0.15, 0.2) is 0 Å². The molecule has 1 saturated carbocycles. The Morgan fingerprint density at radius 1 is 1.33 bits per heavy atom. The Labute approximate surface area is 111 Å². The Balaban J connectivity index is 1.73. The largest absolute Gasteiger partial charge is 0.342 e. The number of hydrogen-bond acceptors (Lipinski definition) is 2. The van der Waals surface area contributed by atoms with E-state index in [1.807, 2.05) is 0 Å². The fourth-order valence-corrected chi connectivity index (χ4v) is 2.79. The highest BCUT2D eigenvalue weighted by molar-refractivity contribution is 5.76. The van der Waals surface area contributed by atoms with Crippen LogP contribution in [0.25, 0.3) is 0 Å². The second-order valence-electron chi connectivity index (χ2n) is 6.23. The number of hydrogen-bond donors (Lipinski definition) is 1. The first-order valence-corrected chi connectivity index (χ1v) is 7.70. The second-order valence-corrected chi connectivity index (χ2v) is 6.23. The molecule has 2 unspecified atom stereocenters. The predicted molar refractivity (Wildman–Crippen MR) is 74.4 cm³/mol. The van der Waals surface area contributed by atoms with E-state index in [4.69, 9.17) is 0 Å². The lowest BCUT2D eigenvalue weighted by atomic mass is 9.98. The van der Waals surface area contributed by atoms with Crippen molar-refractivity contribution in [3.05, 3.63) is 0 Å². The molecule has 3 heteroatoms. The molecule has 0 aromatic rings. The van der Waals surface area contributed by atoms with Gasteiger partial charge in [-0.2, -0.15) is 0 Å². The monoisotopic (exact) mass is 252 g/mol. The molecule has 1 N–H and O–H groups in total. The lowest BCUT2D eigenvalue weighted by Crippen LogP contribution is -2.37. The minimum absolute atomic E-state index is 0.379. The van der Waals surface area contributed by atoms with E-state index in [0.29, 0.717) is 11.8 Å². The van der Waals surface area contributed by atoms with Crippen LogP contribution >= 0.6 is 0 Å². The lowest BCUT2D eigenvalue weighted by Gasteiger charge is -2.25. The first kappa shape index (κ1) is 13.9. The van der Waals surface area contributed by atoms with Crippen LogP contribution in [0.3, 0.4) is 0 Å². The van der Waals surface area contributed by atoms with Crippen LogP contribution in [0.5, 0.6) is 0 Å². The summed E-state index contributed by atoms with van der Waals surface area (Å²) in [5.41, 5.74) is 0. The summed E-state index contributed by atoms with van der Waals surface area (Å²) < 4.78 is 0. The molecule has 0 spiro atoms. The van der Waals surface area contributed by atoms with Crippen LogP contribution in [-0.4, -0.2) is 36.5 Å². The van der Waals surface area contributed by atoms with Crippen LogP contribution in [0.4, 0.5) is 0 Å². The smallest absolute Gasteiger partial charge is 0.222 e. The van der Waals surface area contributed by atoms with Gasteiger partial charge in [-0.05, 0) is 44.1 Å². The molecule has 1 aliphatic carbocycles. The zero-order chi connectivity index (χ0) is 13.0. The normalized spacial score (nSPS) is 27.1. The van der Waals surface area contributed by atoms with Gasteiger partial charge >= 0.3 is 0 Å². The van der Waals surface area contributed by atoms with Crippen molar-refractivity contribution in [1.29, 1.82) is 0 Å². The average molecular weight is 252 g/mol. The molecular formula is C15H28N2O. The van der Waals surface area contributed by atoms with E-state index in [2.05, 4.69) is 24.1 Å². The summed E-state index contributed by atoms with van der Waals surface area (Å²) in [6, 6.07) is 0.775. The van der Waals surface area contributed by atoms with Gasteiger partial charge in [0.2, 0.25) is 5.91 Å². The summed E-state index contributed by atoms with van der Waals surface area (Å²) in [4.78, 5) is 14.2.